The van der Waals surface area contributed by atoms with Gasteiger partial charge in [0.2, 0.25) is 5.88 Å². The SMILES string of the molecule is COc1cccc(Oc2cc(Cl)nc(C)n2)c1. The molecule has 1 aromatic carbocycles. The number of hydrogen-bond donors (Lipinski definition) is 0. The van der Waals surface area contributed by atoms with Crippen LogP contribution in [0, 0.1) is 6.92 Å². The van der Waals surface area contributed by atoms with Gasteiger partial charge in [0.15, 0.2) is 0 Å². The minimum absolute atomic E-state index is 0.357. The fourth-order valence-corrected chi connectivity index (χ4v) is 1.56. The third kappa shape index (κ3) is 3.07. The van der Waals surface area contributed by atoms with E-state index in [2.05, 4.69) is 9.97 Å². The number of aryl methyl sites for hydroxylation is 1. The highest BCUT2D eigenvalue weighted by Crippen LogP contribution is 2.24. The molecule has 0 aliphatic carbocycles. The second-order valence-corrected chi connectivity index (χ2v) is 3.74. The lowest BCUT2D eigenvalue weighted by Crippen LogP contribution is -1.93. The monoisotopic (exact) mass is 250 g/mol. The van der Waals surface area contributed by atoms with Gasteiger partial charge in [0, 0.05) is 12.1 Å². The van der Waals surface area contributed by atoms with E-state index < -0.39 is 0 Å². The van der Waals surface area contributed by atoms with Crippen molar-refractivity contribution in [1.29, 1.82) is 0 Å². The van der Waals surface area contributed by atoms with Crippen molar-refractivity contribution < 1.29 is 9.47 Å². The van der Waals surface area contributed by atoms with E-state index in [1.807, 2.05) is 18.2 Å². The zero-order valence-corrected chi connectivity index (χ0v) is 10.2. The summed E-state index contributed by atoms with van der Waals surface area (Å²) < 4.78 is 10.7. The number of aromatic nitrogens is 2. The van der Waals surface area contributed by atoms with Crippen molar-refractivity contribution in [3.05, 3.63) is 41.3 Å². The lowest BCUT2D eigenvalue weighted by Gasteiger charge is -2.06. The molecular formula is C12H11ClN2O2. The number of ether oxygens (including phenoxy) is 2. The van der Waals surface area contributed by atoms with E-state index in [-0.39, 0.29) is 0 Å². The molecule has 0 bridgehead atoms. The Morgan fingerprint density at radius 3 is 2.59 bits per heavy atom. The second-order valence-electron chi connectivity index (χ2n) is 3.36. The lowest BCUT2D eigenvalue weighted by molar-refractivity contribution is 0.407. The molecule has 0 aliphatic rings. The molecule has 0 aliphatic heterocycles. The normalized spacial score (nSPS) is 10.1. The Bertz CT molecular complexity index is 511. The quantitative estimate of drug-likeness (QED) is 0.785. The van der Waals surface area contributed by atoms with Crippen molar-refractivity contribution in [2.24, 2.45) is 0 Å². The number of halogens is 1. The van der Waals surface area contributed by atoms with Crippen molar-refractivity contribution in [2.75, 3.05) is 7.11 Å². The molecule has 88 valence electrons. The van der Waals surface area contributed by atoms with Crippen LogP contribution in [0.3, 0.4) is 0 Å². The summed E-state index contributed by atoms with van der Waals surface area (Å²) in [6, 6.07) is 8.82. The molecule has 0 amide bonds. The highest BCUT2D eigenvalue weighted by Gasteiger charge is 2.03. The van der Waals surface area contributed by atoms with Gasteiger partial charge in [-0.25, -0.2) is 4.98 Å². The number of benzene rings is 1. The van der Waals surface area contributed by atoms with E-state index in [1.54, 1.807) is 26.2 Å². The Kier molecular flexibility index (Phi) is 3.44. The lowest BCUT2D eigenvalue weighted by atomic mass is 10.3. The summed E-state index contributed by atoms with van der Waals surface area (Å²) in [5, 5.41) is 0.357. The van der Waals surface area contributed by atoms with Crippen molar-refractivity contribution in [3.63, 3.8) is 0 Å². The molecule has 1 heterocycles. The molecule has 0 saturated carbocycles. The zero-order valence-electron chi connectivity index (χ0n) is 9.48. The first-order valence-electron chi connectivity index (χ1n) is 5.00. The Balaban J connectivity index is 2.24. The van der Waals surface area contributed by atoms with E-state index in [0.29, 0.717) is 22.6 Å². The van der Waals surface area contributed by atoms with Gasteiger partial charge in [-0.1, -0.05) is 17.7 Å². The summed E-state index contributed by atoms with van der Waals surface area (Å²) in [4.78, 5) is 8.09. The number of rotatable bonds is 3. The summed E-state index contributed by atoms with van der Waals surface area (Å²) in [6.45, 7) is 1.75. The molecule has 1 aromatic heterocycles. The van der Waals surface area contributed by atoms with E-state index in [9.17, 15) is 0 Å². The van der Waals surface area contributed by atoms with Gasteiger partial charge >= 0.3 is 0 Å². The summed E-state index contributed by atoms with van der Waals surface area (Å²) in [7, 11) is 1.60. The summed E-state index contributed by atoms with van der Waals surface area (Å²) in [5.74, 6) is 2.34. The zero-order chi connectivity index (χ0) is 12.3. The molecule has 0 unspecified atom stereocenters. The summed E-state index contributed by atoms with van der Waals surface area (Å²) >= 11 is 5.82. The average Bonchev–Trinajstić information content (AvgIpc) is 2.28. The van der Waals surface area contributed by atoms with Crippen LogP contribution < -0.4 is 9.47 Å². The molecule has 0 atom stereocenters. The third-order valence-electron chi connectivity index (χ3n) is 2.05. The van der Waals surface area contributed by atoms with Crippen LogP contribution in [0.5, 0.6) is 17.4 Å². The average molecular weight is 251 g/mol. The van der Waals surface area contributed by atoms with E-state index >= 15 is 0 Å². The topological polar surface area (TPSA) is 44.2 Å². The smallest absolute Gasteiger partial charge is 0.224 e. The van der Waals surface area contributed by atoms with Crippen LogP contribution in [0.2, 0.25) is 5.15 Å². The highest BCUT2D eigenvalue weighted by atomic mass is 35.5. The van der Waals surface area contributed by atoms with Gasteiger partial charge in [-0.15, -0.1) is 0 Å². The predicted octanol–water partition coefficient (Wildman–Crippen LogP) is 3.24. The molecular weight excluding hydrogens is 240 g/mol. The highest BCUT2D eigenvalue weighted by molar-refractivity contribution is 6.29. The fourth-order valence-electron chi connectivity index (χ4n) is 1.34. The standard InChI is InChI=1S/C12H11ClN2O2/c1-8-14-11(13)7-12(15-8)17-10-5-3-4-9(6-10)16-2/h3-7H,1-2H3. The number of nitrogens with zero attached hydrogens (tertiary/aromatic N) is 2. The van der Waals surface area contributed by atoms with Gasteiger partial charge < -0.3 is 9.47 Å². The minimum atomic E-state index is 0.357. The Morgan fingerprint density at radius 2 is 1.88 bits per heavy atom. The molecule has 0 spiro atoms. The van der Waals surface area contributed by atoms with Crippen molar-refractivity contribution in [3.8, 4) is 17.4 Å². The van der Waals surface area contributed by atoms with Crippen LogP contribution in [0.4, 0.5) is 0 Å². The first-order valence-corrected chi connectivity index (χ1v) is 5.38. The largest absolute Gasteiger partial charge is 0.497 e. The van der Waals surface area contributed by atoms with E-state index in [4.69, 9.17) is 21.1 Å². The van der Waals surface area contributed by atoms with Crippen LogP contribution in [0.25, 0.3) is 0 Å². The molecule has 0 fully saturated rings. The molecule has 5 heteroatoms. The first-order chi connectivity index (χ1) is 8.17. The first kappa shape index (κ1) is 11.7. The molecule has 4 nitrogen and oxygen atoms in total. The molecule has 17 heavy (non-hydrogen) atoms. The molecule has 2 aromatic rings. The molecule has 0 radical (unpaired) electrons. The number of methoxy groups -OCH3 is 1. The van der Waals surface area contributed by atoms with Gasteiger partial charge in [-0.05, 0) is 19.1 Å². The Morgan fingerprint density at radius 1 is 1.12 bits per heavy atom. The van der Waals surface area contributed by atoms with Crippen molar-refractivity contribution >= 4 is 11.6 Å². The van der Waals surface area contributed by atoms with Crippen LogP contribution in [0.15, 0.2) is 30.3 Å². The summed E-state index contributed by atoms with van der Waals surface area (Å²) in [5.41, 5.74) is 0. The van der Waals surface area contributed by atoms with Crippen LogP contribution in [-0.2, 0) is 0 Å². The number of hydrogen-bond acceptors (Lipinski definition) is 4. The van der Waals surface area contributed by atoms with Gasteiger partial charge in [0.25, 0.3) is 0 Å². The van der Waals surface area contributed by atoms with Crippen molar-refractivity contribution in [1.82, 2.24) is 9.97 Å². The van der Waals surface area contributed by atoms with Crippen LogP contribution >= 0.6 is 11.6 Å². The maximum atomic E-state index is 5.82. The predicted molar refractivity (Wildman–Crippen MR) is 64.8 cm³/mol. The summed E-state index contributed by atoms with van der Waals surface area (Å²) in [6.07, 6.45) is 0. The molecule has 0 N–H and O–H groups in total. The van der Waals surface area contributed by atoms with Gasteiger partial charge in [-0.3, -0.25) is 0 Å². The van der Waals surface area contributed by atoms with Crippen molar-refractivity contribution in [2.45, 2.75) is 6.92 Å². The van der Waals surface area contributed by atoms with E-state index in [1.165, 1.54) is 0 Å². The third-order valence-corrected chi connectivity index (χ3v) is 2.24. The maximum absolute atomic E-state index is 5.82. The van der Waals surface area contributed by atoms with Crippen LogP contribution in [0.1, 0.15) is 5.82 Å². The van der Waals surface area contributed by atoms with Crippen LogP contribution in [-0.4, -0.2) is 17.1 Å². The second kappa shape index (κ2) is 5.01. The van der Waals surface area contributed by atoms with Gasteiger partial charge in [0.1, 0.15) is 22.5 Å². The Hall–Kier alpha value is -1.81. The van der Waals surface area contributed by atoms with Gasteiger partial charge in [-0.2, -0.15) is 4.98 Å². The van der Waals surface area contributed by atoms with Gasteiger partial charge in [0.05, 0.1) is 7.11 Å². The maximum Gasteiger partial charge on any atom is 0.224 e. The fraction of sp³-hybridized carbons (Fsp3) is 0.167. The van der Waals surface area contributed by atoms with E-state index in [0.717, 1.165) is 5.75 Å². The molecule has 2 rings (SSSR count). The molecule has 0 saturated heterocycles. The Labute approximate surface area is 104 Å². The minimum Gasteiger partial charge on any atom is -0.497 e.